The molecule has 0 radical (unpaired) electrons. The Balaban J connectivity index is 1.37. The van der Waals surface area contributed by atoms with Crippen LogP contribution in [0, 0.1) is 5.82 Å². The Labute approximate surface area is 185 Å². The van der Waals surface area contributed by atoms with Crippen LogP contribution in [0.4, 0.5) is 4.39 Å². The number of nitrogens with one attached hydrogen (secondary N) is 1. The van der Waals surface area contributed by atoms with E-state index in [1.165, 1.54) is 12.1 Å². The van der Waals surface area contributed by atoms with Gasteiger partial charge in [0.1, 0.15) is 29.1 Å². The third kappa shape index (κ3) is 3.98. The minimum atomic E-state index is -0.336. The summed E-state index contributed by atoms with van der Waals surface area (Å²) in [5, 5.41) is 0.806. The van der Waals surface area contributed by atoms with E-state index in [4.69, 9.17) is 9.15 Å². The van der Waals surface area contributed by atoms with Gasteiger partial charge in [-0.25, -0.2) is 9.37 Å². The molecule has 1 N–H and O–H groups in total. The molecule has 1 amide bonds. The van der Waals surface area contributed by atoms with Crippen LogP contribution in [0.5, 0.6) is 5.75 Å². The maximum Gasteiger partial charge on any atom is 0.270 e. The minimum absolute atomic E-state index is 0.126. The summed E-state index contributed by atoms with van der Waals surface area (Å²) in [6.07, 6.45) is 5.05. The number of oxazole rings is 1. The molecule has 164 valence electrons. The number of aromatic amines is 1. The number of hydrogen-bond donors (Lipinski definition) is 1. The van der Waals surface area contributed by atoms with E-state index in [1.54, 1.807) is 25.4 Å². The van der Waals surface area contributed by atoms with Gasteiger partial charge in [-0.15, -0.1) is 0 Å². The Morgan fingerprint density at radius 2 is 2.16 bits per heavy atom. The number of benzene rings is 2. The van der Waals surface area contributed by atoms with Crippen LogP contribution in [0.15, 0.2) is 59.1 Å². The monoisotopic (exact) mass is 433 g/mol. The first kappa shape index (κ1) is 20.3. The van der Waals surface area contributed by atoms with Gasteiger partial charge in [-0.05, 0) is 61.2 Å². The fourth-order valence-corrected chi connectivity index (χ4v) is 4.34. The van der Waals surface area contributed by atoms with Crippen LogP contribution in [0.25, 0.3) is 10.9 Å². The van der Waals surface area contributed by atoms with Crippen LogP contribution in [-0.4, -0.2) is 34.4 Å². The largest absolute Gasteiger partial charge is 0.497 e. The van der Waals surface area contributed by atoms with E-state index in [0.29, 0.717) is 30.1 Å². The summed E-state index contributed by atoms with van der Waals surface area (Å²) in [6, 6.07) is 13.8. The van der Waals surface area contributed by atoms with Gasteiger partial charge in [0.2, 0.25) is 5.89 Å². The fraction of sp³-hybridized carbons (Fsp3) is 0.280. The highest BCUT2D eigenvalue weighted by Gasteiger charge is 2.32. The molecule has 0 saturated carbocycles. The average Bonchev–Trinajstić information content (AvgIpc) is 3.45. The second-order valence-corrected chi connectivity index (χ2v) is 8.12. The summed E-state index contributed by atoms with van der Waals surface area (Å²) >= 11 is 0. The standard InChI is InChI=1S/C25H24FN3O3/c1-31-19-6-4-5-16(11-19)12-20-15-27-24(32-20)23-7-2-3-10-29(23)25(30)22-13-17-8-9-18(26)14-21(17)28-22/h4-6,8-9,11,13-15,23,28H,2-3,7,10,12H2,1H3/t23-/m1/s1. The van der Waals surface area contributed by atoms with Crippen molar-refractivity contribution < 1.29 is 18.3 Å². The molecule has 32 heavy (non-hydrogen) atoms. The van der Waals surface area contributed by atoms with Gasteiger partial charge >= 0.3 is 0 Å². The molecule has 1 aliphatic heterocycles. The van der Waals surface area contributed by atoms with E-state index in [-0.39, 0.29) is 17.8 Å². The van der Waals surface area contributed by atoms with Crippen molar-refractivity contribution in [2.45, 2.75) is 31.7 Å². The second-order valence-electron chi connectivity index (χ2n) is 8.12. The van der Waals surface area contributed by atoms with Crippen LogP contribution >= 0.6 is 0 Å². The molecule has 0 unspecified atom stereocenters. The van der Waals surface area contributed by atoms with Crippen molar-refractivity contribution in [1.29, 1.82) is 0 Å². The summed E-state index contributed by atoms with van der Waals surface area (Å²) in [7, 11) is 1.64. The highest BCUT2D eigenvalue weighted by atomic mass is 19.1. The van der Waals surface area contributed by atoms with Crippen LogP contribution in [-0.2, 0) is 6.42 Å². The van der Waals surface area contributed by atoms with Crippen molar-refractivity contribution in [3.8, 4) is 5.75 Å². The lowest BCUT2D eigenvalue weighted by Crippen LogP contribution is -2.38. The smallest absolute Gasteiger partial charge is 0.270 e. The number of aromatic nitrogens is 2. The number of hydrogen-bond acceptors (Lipinski definition) is 4. The highest BCUT2D eigenvalue weighted by molar-refractivity contribution is 5.98. The Morgan fingerprint density at radius 3 is 3.03 bits per heavy atom. The van der Waals surface area contributed by atoms with Gasteiger partial charge < -0.3 is 19.0 Å². The molecule has 6 nitrogen and oxygen atoms in total. The molecule has 7 heteroatoms. The summed E-state index contributed by atoms with van der Waals surface area (Å²) < 4.78 is 24.9. The van der Waals surface area contributed by atoms with Crippen molar-refractivity contribution in [1.82, 2.24) is 14.9 Å². The van der Waals surface area contributed by atoms with Crippen LogP contribution in [0.1, 0.15) is 53.0 Å². The lowest BCUT2D eigenvalue weighted by molar-refractivity contribution is 0.0565. The summed E-state index contributed by atoms with van der Waals surface area (Å²) in [4.78, 5) is 22.7. The van der Waals surface area contributed by atoms with E-state index in [9.17, 15) is 9.18 Å². The number of ether oxygens (including phenoxy) is 1. The molecule has 0 spiro atoms. The van der Waals surface area contributed by atoms with E-state index in [2.05, 4.69) is 9.97 Å². The fourth-order valence-electron chi connectivity index (χ4n) is 4.34. The lowest BCUT2D eigenvalue weighted by Gasteiger charge is -2.33. The maximum absolute atomic E-state index is 13.5. The van der Waals surface area contributed by atoms with Crippen LogP contribution in [0.3, 0.4) is 0 Å². The predicted octanol–water partition coefficient (Wildman–Crippen LogP) is 5.26. The van der Waals surface area contributed by atoms with Crippen molar-refractivity contribution in [3.63, 3.8) is 0 Å². The summed E-state index contributed by atoms with van der Waals surface area (Å²) in [5.41, 5.74) is 2.12. The van der Waals surface area contributed by atoms with Gasteiger partial charge in [-0.2, -0.15) is 0 Å². The van der Waals surface area contributed by atoms with Gasteiger partial charge in [-0.3, -0.25) is 4.79 Å². The molecule has 1 fully saturated rings. The van der Waals surface area contributed by atoms with Crippen molar-refractivity contribution in [2.75, 3.05) is 13.7 Å². The van der Waals surface area contributed by atoms with Gasteiger partial charge in [0.25, 0.3) is 5.91 Å². The first-order valence-corrected chi connectivity index (χ1v) is 10.8. The minimum Gasteiger partial charge on any atom is -0.497 e. The topological polar surface area (TPSA) is 71.4 Å². The molecular formula is C25H24FN3O3. The van der Waals surface area contributed by atoms with Crippen molar-refractivity contribution in [3.05, 3.63) is 83.5 Å². The van der Waals surface area contributed by atoms with Crippen molar-refractivity contribution >= 4 is 16.8 Å². The number of piperidine rings is 1. The van der Waals surface area contributed by atoms with Gasteiger partial charge in [0, 0.05) is 23.9 Å². The van der Waals surface area contributed by atoms with Crippen LogP contribution in [0.2, 0.25) is 0 Å². The quantitative estimate of drug-likeness (QED) is 0.466. The number of likely N-dealkylation sites (tertiary alicyclic amines) is 1. The Kier molecular flexibility index (Phi) is 5.39. The Bertz CT molecular complexity index is 1260. The van der Waals surface area contributed by atoms with E-state index in [1.807, 2.05) is 29.2 Å². The molecule has 5 rings (SSSR count). The molecular weight excluding hydrogens is 409 g/mol. The van der Waals surface area contributed by atoms with Gasteiger partial charge in [-0.1, -0.05) is 12.1 Å². The van der Waals surface area contributed by atoms with Gasteiger partial charge in [0.15, 0.2) is 0 Å². The Morgan fingerprint density at radius 1 is 1.25 bits per heavy atom. The third-order valence-electron chi connectivity index (χ3n) is 5.95. The highest BCUT2D eigenvalue weighted by Crippen LogP contribution is 2.33. The summed E-state index contributed by atoms with van der Waals surface area (Å²) in [5.74, 6) is 1.63. The number of rotatable bonds is 5. The predicted molar refractivity (Wildman–Crippen MR) is 118 cm³/mol. The first-order chi connectivity index (χ1) is 15.6. The molecule has 1 saturated heterocycles. The second kappa shape index (κ2) is 8.49. The zero-order valence-electron chi connectivity index (χ0n) is 17.8. The Hall–Kier alpha value is -3.61. The number of halogens is 1. The average molecular weight is 433 g/mol. The molecule has 1 atom stereocenters. The summed E-state index contributed by atoms with van der Waals surface area (Å²) in [6.45, 7) is 0.626. The molecule has 2 aromatic carbocycles. The number of methoxy groups -OCH3 is 1. The molecule has 1 aliphatic rings. The molecule has 2 aromatic heterocycles. The van der Waals surface area contributed by atoms with E-state index < -0.39 is 0 Å². The first-order valence-electron chi connectivity index (χ1n) is 10.8. The zero-order valence-corrected chi connectivity index (χ0v) is 17.8. The maximum atomic E-state index is 13.5. The molecule has 4 aromatic rings. The number of amides is 1. The number of carbonyl (C=O) groups is 1. The molecule has 0 aliphatic carbocycles. The van der Waals surface area contributed by atoms with E-state index in [0.717, 1.165) is 41.7 Å². The van der Waals surface area contributed by atoms with Crippen LogP contribution < -0.4 is 4.74 Å². The number of carbonyl (C=O) groups excluding carboxylic acids is 1. The van der Waals surface area contributed by atoms with E-state index >= 15 is 0 Å². The molecule has 0 bridgehead atoms. The van der Waals surface area contributed by atoms with Gasteiger partial charge in [0.05, 0.1) is 13.3 Å². The van der Waals surface area contributed by atoms with Crippen molar-refractivity contribution in [2.24, 2.45) is 0 Å². The lowest BCUT2D eigenvalue weighted by atomic mass is 10.0. The SMILES string of the molecule is COc1cccc(Cc2cnc([C@H]3CCCCN3C(=O)c3cc4ccc(F)cc4[nH]3)o2)c1. The number of H-pyrrole nitrogens is 1. The molecule has 3 heterocycles. The zero-order chi connectivity index (χ0) is 22.1. The number of nitrogens with zero attached hydrogens (tertiary/aromatic N) is 2. The third-order valence-corrected chi connectivity index (χ3v) is 5.95. The number of fused-ring (bicyclic) bond motifs is 1. The normalized spacial score (nSPS) is 16.4.